The molecule has 4 rings (SSSR count). The van der Waals surface area contributed by atoms with Crippen LogP contribution in [0, 0.1) is 0 Å². The molecule has 0 saturated carbocycles. The van der Waals surface area contributed by atoms with Crippen molar-refractivity contribution in [1.29, 1.82) is 0 Å². The minimum absolute atomic E-state index is 0.147. The van der Waals surface area contributed by atoms with Gasteiger partial charge in [0.05, 0.1) is 21.6 Å². The number of carbonyl (C=O) groups is 1. The van der Waals surface area contributed by atoms with Crippen molar-refractivity contribution in [2.24, 2.45) is 0 Å². The molecule has 2 aromatic rings. The molecule has 0 spiro atoms. The number of halogens is 1. The number of piperidine rings is 1. The van der Waals surface area contributed by atoms with Gasteiger partial charge >= 0.3 is 0 Å². The number of sulfonamides is 1. The van der Waals surface area contributed by atoms with Crippen LogP contribution in [0.1, 0.15) is 26.2 Å². The Hall–Kier alpha value is -2.27. The number of rotatable bonds is 6. The lowest BCUT2D eigenvalue weighted by Crippen LogP contribution is -2.53. The van der Waals surface area contributed by atoms with Gasteiger partial charge in [0.15, 0.2) is 0 Å². The fourth-order valence-corrected chi connectivity index (χ4v) is 5.89. The van der Waals surface area contributed by atoms with Crippen molar-refractivity contribution in [3.63, 3.8) is 0 Å². The van der Waals surface area contributed by atoms with E-state index in [4.69, 9.17) is 11.6 Å². The van der Waals surface area contributed by atoms with Crippen molar-refractivity contribution in [1.82, 2.24) is 19.2 Å². The first-order chi connectivity index (χ1) is 15.9. The highest BCUT2D eigenvalue weighted by Gasteiger charge is 2.29. The van der Waals surface area contributed by atoms with Gasteiger partial charge in [0.25, 0.3) is 0 Å². The Morgan fingerprint density at radius 2 is 1.70 bits per heavy atom. The van der Waals surface area contributed by atoms with Gasteiger partial charge in [-0.05, 0) is 44.0 Å². The molecule has 1 atom stereocenters. The quantitative estimate of drug-likeness (QED) is 0.661. The largest absolute Gasteiger partial charge is 0.338 e. The van der Waals surface area contributed by atoms with Gasteiger partial charge in [0.2, 0.25) is 21.9 Å². The molecule has 0 bridgehead atoms. The lowest BCUT2D eigenvalue weighted by atomic mass is 10.2. The van der Waals surface area contributed by atoms with Crippen LogP contribution in [0.5, 0.6) is 0 Å². The van der Waals surface area contributed by atoms with Gasteiger partial charge in [-0.1, -0.05) is 18.0 Å². The predicted molar refractivity (Wildman–Crippen MR) is 128 cm³/mol. The van der Waals surface area contributed by atoms with E-state index < -0.39 is 16.1 Å². The molecule has 0 aliphatic carbocycles. The Balaban J connectivity index is 1.40. The third kappa shape index (κ3) is 5.46. The van der Waals surface area contributed by atoms with E-state index in [1.165, 1.54) is 22.5 Å². The fraction of sp³-hybridized carbons (Fsp3) is 0.500. The van der Waals surface area contributed by atoms with Crippen molar-refractivity contribution in [2.45, 2.75) is 37.1 Å². The predicted octanol–water partition coefficient (Wildman–Crippen LogP) is 2.45. The maximum Gasteiger partial charge on any atom is 0.243 e. The minimum Gasteiger partial charge on any atom is -0.338 e. The number of nitrogens with zero attached hydrogens (tertiary/aromatic N) is 5. The Morgan fingerprint density at radius 1 is 1.03 bits per heavy atom. The monoisotopic (exact) mass is 492 g/mol. The zero-order valence-electron chi connectivity index (χ0n) is 18.7. The molecule has 11 heteroatoms. The zero-order chi connectivity index (χ0) is 23.4. The van der Waals surface area contributed by atoms with Gasteiger partial charge < -0.3 is 10.2 Å². The van der Waals surface area contributed by atoms with E-state index in [9.17, 15) is 13.2 Å². The number of anilines is 2. The van der Waals surface area contributed by atoms with Crippen molar-refractivity contribution in [3.05, 3.63) is 41.7 Å². The summed E-state index contributed by atoms with van der Waals surface area (Å²) in [6, 6.07) is 5.86. The summed E-state index contributed by atoms with van der Waals surface area (Å²) >= 11 is 6.30. The van der Waals surface area contributed by atoms with Crippen LogP contribution < -0.4 is 10.2 Å². The molecule has 1 N–H and O–H groups in total. The fourth-order valence-electron chi connectivity index (χ4n) is 4.18. The SMILES string of the molecule is C[C@@H](C(=O)Nc1cc(S(=O)(=O)N2CCCCC2)ccc1Cl)N1CCN(c2ncccn2)CC1. The normalized spacial score (nSPS) is 19.3. The number of carbonyl (C=O) groups excluding carboxylic acids is 1. The minimum atomic E-state index is -3.61. The molecule has 33 heavy (non-hydrogen) atoms. The Labute approximate surface area is 199 Å². The van der Waals surface area contributed by atoms with Crippen molar-refractivity contribution in [3.8, 4) is 0 Å². The number of hydrogen-bond donors (Lipinski definition) is 1. The molecule has 1 aromatic carbocycles. The van der Waals surface area contributed by atoms with Crippen LogP contribution in [0.2, 0.25) is 5.02 Å². The highest BCUT2D eigenvalue weighted by atomic mass is 35.5. The topological polar surface area (TPSA) is 98.7 Å². The second-order valence-electron chi connectivity index (χ2n) is 8.34. The lowest BCUT2D eigenvalue weighted by Gasteiger charge is -2.37. The van der Waals surface area contributed by atoms with Crippen molar-refractivity contribution >= 4 is 39.2 Å². The van der Waals surface area contributed by atoms with Crippen LogP contribution in [0.3, 0.4) is 0 Å². The van der Waals surface area contributed by atoms with Crippen LogP contribution in [-0.2, 0) is 14.8 Å². The van der Waals surface area contributed by atoms with Gasteiger partial charge in [-0.15, -0.1) is 0 Å². The molecule has 2 aliphatic rings. The molecular weight excluding hydrogens is 464 g/mol. The average Bonchev–Trinajstić information content (AvgIpc) is 2.86. The highest BCUT2D eigenvalue weighted by Crippen LogP contribution is 2.28. The highest BCUT2D eigenvalue weighted by molar-refractivity contribution is 7.89. The third-order valence-electron chi connectivity index (χ3n) is 6.22. The molecule has 2 saturated heterocycles. The molecule has 0 unspecified atom stereocenters. The first-order valence-corrected chi connectivity index (χ1v) is 13.0. The van der Waals surface area contributed by atoms with Crippen LogP contribution in [0.4, 0.5) is 11.6 Å². The molecule has 9 nitrogen and oxygen atoms in total. The summed E-state index contributed by atoms with van der Waals surface area (Å²) in [5.74, 6) is 0.460. The molecule has 1 amide bonds. The summed E-state index contributed by atoms with van der Waals surface area (Å²) in [6.45, 7) is 5.67. The molecule has 2 fully saturated rings. The van der Waals surface area contributed by atoms with Crippen LogP contribution >= 0.6 is 11.6 Å². The van der Waals surface area contributed by atoms with Gasteiger partial charge in [0.1, 0.15) is 0 Å². The standard InChI is InChI=1S/C22H29ClN6O3S/c1-17(27-12-14-28(15-13-27)22-24-8-5-9-25-22)21(30)26-20-16-18(6-7-19(20)23)33(31,32)29-10-3-2-4-11-29/h5-9,16-17H,2-4,10-15H2,1H3,(H,26,30)/t17-/m0/s1. The molecular formula is C22H29ClN6O3S. The van der Waals surface area contributed by atoms with E-state index in [1.807, 2.05) is 6.92 Å². The van der Waals surface area contributed by atoms with E-state index in [0.29, 0.717) is 55.9 Å². The van der Waals surface area contributed by atoms with E-state index in [0.717, 1.165) is 19.3 Å². The van der Waals surface area contributed by atoms with Crippen LogP contribution in [0.15, 0.2) is 41.6 Å². The molecule has 1 aromatic heterocycles. The maximum atomic E-state index is 13.0. The zero-order valence-corrected chi connectivity index (χ0v) is 20.2. The van der Waals surface area contributed by atoms with Crippen LogP contribution in [-0.4, -0.2) is 78.8 Å². The third-order valence-corrected chi connectivity index (χ3v) is 8.45. The van der Waals surface area contributed by atoms with Crippen molar-refractivity contribution < 1.29 is 13.2 Å². The molecule has 2 aliphatic heterocycles. The Kier molecular flexibility index (Phi) is 7.48. The molecule has 178 valence electrons. The molecule has 3 heterocycles. The number of nitrogens with one attached hydrogen (secondary N) is 1. The number of benzene rings is 1. The molecule has 0 radical (unpaired) electrons. The number of amides is 1. The number of hydrogen-bond acceptors (Lipinski definition) is 7. The summed E-state index contributed by atoms with van der Waals surface area (Å²) in [7, 11) is -3.61. The van der Waals surface area contributed by atoms with E-state index in [1.54, 1.807) is 18.5 Å². The Morgan fingerprint density at radius 3 is 2.36 bits per heavy atom. The maximum absolute atomic E-state index is 13.0. The van der Waals surface area contributed by atoms with Crippen molar-refractivity contribution in [2.75, 3.05) is 49.5 Å². The first kappa shape index (κ1) is 23.9. The average molecular weight is 493 g/mol. The summed E-state index contributed by atoms with van der Waals surface area (Å²) in [6.07, 6.45) is 6.19. The second-order valence-corrected chi connectivity index (χ2v) is 10.7. The van der Waals surface area contributed by atoms with E-state index >= 15 is 0 Å². The number of aromatic nitrogens is 2. The summed E-state index contributed by atoms with van der Waals surface area (Å²) < 4.78 is 27.5. The van der Waals surface area contributed by atoms with Gasteiger partial charge in [-0.25, -0.2) is 18.4 Å². The first-order valence-electron chi connectivity index (χ1n) is 11.2. The van der Waals surface area contributed by atoms with Gasteiger partial charge in [0, 0.05) is 51.7 Å². The summed E-state index contributed by atoms with van der Waals surface area (Å²) in [5.41, 5.74) is 0.308. The smallest absolute Gasteiger partial charge is 0.243 e. The van der Waals surface area contributed by atoms with E-state index in [-0.39, 0.29) is 10.8 Å². The number of piperazine rings is 1. The van der Waals surface area contributed by atoms with Crippen LogP contribution in [0.25, 0.3) is 0 Å². The second kappa shape index (κ2) is 10.3. The summed E-state index contributed by atoms with van der Waals surface area (Å²) in [5, 5.41) is 3.14. The van der Waals surface area contributed by atoms with Gasteiger partial charge in [-0.3, -0.25) is 9.69 Å². The van der Waals surface area contributed by atoms with E-state index in [2.05, 4.69) is 25.1 Å². The van der Waals surface area contributed by atoms with Gasteiger partial charge in [-0.2, -0.15) is 4.31 Å². The lowest BCUT2D eigenvalue weighted by molar-refractivity contribution is -0.120. The summed E-state index contributed by atoms with van der Waals surface area (Å²) in [4.78, 5) is 25.9. The Bertz CT molecular complexity index is 1070.